The minimum Gasteiger partial charge on any atom is -0.465 e. The zero-order valence-electron chi connectivity index (χ0n) is 8.96. The highest BCUT2D eigenvalue weighted by Gasteiger charge is 2.36. The number of aromatic nitrogens is 1. The lowest BCUT2D eigenvalue weighted by molar-refractivity contribution is 0.154. The van der Waals surface area contributed by atoms with Gasteiger partial charge in [-0.2, -0.15) is 5.26 Å². The first kappa shape index (κ1) is 11.2. The second-order valence-electron chi connectivity index (χ2n) is 4.02. The van der Waals surface area contributed by atoms with E-state index in [0.29, 0.717) is 5.56 Å². The summed E-state index contributed by atoms with van der Waals surface area (Å²) >= 11 is 0. The highest BCUT2D eigenvalue weighted by Crippen LogP contribution is 2.31. The number of amides is 1. The number of carbonyl (C=O) groups is 1. The molecule has 1 fully saturated rings. The van der Waals surface area contributed by atoms with Crippen LogP contribution in [0.1, 0.15) is 11.5 Å². The molecule has 0 saturated carbocycles. The fraction of sp³-hybridized carbons (Fsp3) is 0.364. The van der Waals surface area contributed by atoms with Gasteiger partial charge in [0.15, 0.2) is 0 Å². The molecule has 1 aromatic rings. The maximum Gasteiger partial charge on any atom is 0.407 e. The minimum atomic E-state index is -1.03. The molecule has 2 atom stereocenters. The molecule has 1 amide bonds. The highest BCUT2D eigenvalue weighted by atomic mass is 16.4. The van der Waals surface area contributed by atoms with Crippen LogP contribution in [0.5, 0.6) is 0 Å². The number of nitriles is 1. The van der Waals surface area contributed by atoms with Crippen LogP contribution in [0.15, 0.2) is 23.1 Å². The number of likely N-dealkylation sites (tertiary alicyclic amines) is 1. The Morgan fingerprint density at radius 2 is 2.35 bits per heavy atom. The van der Waals surface area contributed by atoms with Crippen LogP contribution in [0.4, 0.5) is 4.79 Å². The van der Waals surface area contributed by atoms with Crippen LogP contribution < -0.4 is 5.56 Å². The van der Waals surface area contributed by atoms with Crippen LogP contribution >= 0.6 is 0 Å². The molecular formula is C11H11N3O3. The molecule has 0 aromatic carbocycles. The van der Waals surface area contributed by atoms with Crippen molar-refractivity contribution in [3.8, 4) is 6.07 Å². The lowest BCUT2D eigenvalue weighted by atomic mass is 9.91. The number of nitrogens with zero attached hydrogens (tertiary/aromatic N) is 2. The van der Waals surface area contributed by atoms with Crippen molar-refractivity contribution in [2.75, 3.05) is 13.1 Å². The van der Waals surface area contributed by atoms with Crippen molar-refractivity contribution in [2.24, 2.45) is 5.92 Å². The topological polar surface area (TPSA) is 97.2 Å². The van der Waals surface area contributed by atoms with Crippen molar-refractivity contribution >= 4 is 6.09 Å². The number of rotatable bonds is 1. The van der Waals surface area contributed by atoms with Gasteiger partial charge in [-0.05, 0) is 11.6 Å². The summed E-state index contributed by atoms with van der Waals surface area (Å²) < 4.78 is 0. The summed E-state index contributed by atoms with van der Waals surface area (Å²) in [6, 6.07) is 5.23. The fourth-order valence-electron chi connectivity index (χ4n) is 2.12. The molecule has 1 saturated heterocycles. The number of H-pyrrole nitrogens is 1. The summed E-state index contributed by atoms with van der Waals surface area (Å²) in [5.41, 5.74) is 0.469. The van der Waals surface area contributed by atoms with Crippen molar-refractivity contribution in [1.82, 2.24) is 9.88 Å². The van der Waals surface area contributed by atoms with Crippen molar-refractivity contribution in [3.63, 3.8) is 0 Å². The Hall–Kier alpha value is -2.29. The number of pyridine rings is 1. The Labute approximate surface area is 97.1 Å². The molecule has 6 heteroatoms. The number of hydrogen-bond acceptors (Lipinski definition) is 3. The average Bonchev–Trinajstić information content (AvgIpc) is 2.73. The lowest BCUT2D eigenvalue weighted by Gasteiger charge is -2.12. The van der Waals surface area contributed by atoms with Gasteiger partial charge in [-0.15, -0.1) is 0 Å². The molecule has 2 rings (SSSR count). The molecule has 17 heavy (non-hydrogen) atoms. The molecular weight excluding hydrogens is 222 g/mol. The molecule has 2 N–H and O–H groups in total. The molecule has 88 valence electrons. The van der Waals surface area contributed by atoms with Crippen LogP contribution in [-0.2, 0) is 0 Å². The van der Waals surface area contributed by atoms with E-state index in [-0.39, 0.29) is 24.6 Å². The first-order valence-corrected chi connectivity index (χ1v) is 5.18. The first-order valence-electron chi connectivity index (χ1n) is 5.18. The predicted octanol–water partition coefficient (Wildman–Crippen LogP) is 0.592. The Balaban J connectivity index is 2.29. The van der Waals surface area contributed by atoms with E-state index in [4.69, 9.17) is 10.4 Å². The van der Waals surface area contributed by atoms with Gasteiger partial charge in [0, 0.05) is 31.3 Å². The van der Waals surface area contributed by atoms with Crippen molar-refractivity contribution in [2.45, 2.75) is 5.92 Å². The standard InChI is InChI=1S/C11H11N3O3/c12-4-8-5-14(11(16)17)6-9(8)7-1-2-13-10(15)3-7/h1-3,8-9H,5-6H2,(H,13,15)(H,16,17)/t8-,9+/m1/s1. The second kappa shape index (κ2) is 4.29. The third-order valence-electron chi connectivity index (χ3n) is 2.98. The second-order valence-corrected chi connectivity index (χ2v) is 4.02. The molecule has 0 unspecified atom stereocenters. The zero-order valence-corrected chi connectivity index (χ0v) is 8.96. The van der Waals surface area contributed by atoms with E-state index in [1.165, 1.54) is 17.2 Å². The van der Waals surface area contributed by atoms with Gasteiger partial charge in [-0.1, -0.05) is 0 Å². The summed E-state index contributed by atoms with van der Waals surface area (Å²) in [6.07, 6.45) is 0.479. The summed E-state index contributed by atoms with van der Waals surface area (Å²) in [7, 11) is 0. The van der Waals surface area contributed by atoms with E-state index in [0.717, 1.165) is 0 Å². The van der Waals surface area contributed by atoms with Gasteiger partial charge >= 0.3 is 6.09 Å². The van der Waals surface area contributed by atoms with Gasteiger partial charge in [0.25, 0.3) is 0 Å². The number of nitrogens with one attached hydrogen (secondary N) is 1. The molecule has 6 nitrogen and oxygen atoms in total. The molecule has 2 heterocycles. The normalized spacial score (nSPS) is 23.4. The van der Waals surface area contributed by atoms with Gasteiger partial charge < -0.3 is 15.0 Å². The van der Waals surface area contributed by atoms with Gasteiger partial charge in [0.05, 0.1) is 12.0 Å². The lowest BCUT2D eigenvalue weighted by Crippen LogP contribution is -2.26. The monoisotopic (exact) mass is 233 g/mol. The van der Waals surface area contributed by atoms with Crippen LogP contribution in [-0.4, -0.2) is 34.2 Å². The van der Waals surface area contributed by atoms with E-state index in [9.17, 15) is 9.59 Å². The van der Waals surface area contributed by atoms with Gasteiger partial charge in [-0.25, -0.2) is 4.79 Å². The third kappa shape index (κ3) is 2.13. The maximum absolute atomic E-state index is 11.2. The largest absolute Gasteiger partial charge is 0.465 e. The first-order chi connectivity index (χ1) is 8.11. The Bertz CT molecular complexity index is 531. The van der Waals surface area contributed by atoms with Crippen LogP contribution in [0.3, 0.4) is 0 Å². The fourth-order valence-corrected chi connectivity index (χ4v) is 2.12. The molecule has 1 aliphatic rings. The van der Waals surface area contributed by atoms with Crippen molar-refractivity contribution in [1.29, 1.82) is 5.26 Å². The molecule has 1 aromatic heterocycles. The predicted molar refractivity (Wildman–Crippen MR) is 58.5 cm³/mol. The third-order valence-corrected chi connectivity index (χ3v) is 2.98. The van der Waals surface area contributed by atoms with Crippen LogP contribution in [0.2, 0.25) is 0 Å². The minimum absolute atomic E-state index is 0.198. The quantitative estimate of drug-likeness (QED) is 0.741. The highest BCUT2D eigenvalue weighted by molar-refractivity contribution is 5.65. The van der Waals surface area contributed by atoms with Crippen molar-refractivity contribution < 1.29 is 9.90 Å². The van der Waals surface area contributed by atoms with E-state index in [1.54, 1.807) is 6.07 Å². The van der Waals surface area contributed by atoms with Crippen molar-refractivity contribution in [3.05, 3.63) is 34.2 Å². The number of carboxylic acid groups (broad SMARTS) is 1. The molecule has 0 radical (unpaired) electrons. The Morgan fingerprint density at radius 1 is 1.59 bits per heavy atom. The van der Waals surface area contributed by atoms with E-state index in [1.807, 2.05) is 0 Å². The molecule has 1 aliphatic heterocycles. The van der Waals surface area contributed by atoms with Crippen LogP contribution in [0.25, 0.3) is 0 Å². The van der Waals surface area contributed by atoms with E-state index in [2.05, 4.69) is 11.1 Å². The maximum atomic E-state index is 11.2. The number of hydrogen-bond donors (Lipinski definition) is 2. The summed E-state index contributed by atoms with van der Waals surface area (Å²) in [6.45, 7) is 0.459. The van der Waals surface area contributed by atoms with Gasteiger partial charge in [-0.3, -0.25) is 4.79 Å². The Morgan fingerprint density at radius 3 is 2.94 bits per heavy atom. The molecule has 0 spiro atoms. The van der Waals surface area contributed by atoms with Crippen LogP contribution in [0, 0.1) is 17.2 Å². The SMILES string of the molecule is N#C[C@@H]1CN(C(=O)O)C[C@H]1c1cc[nH]c(=O)c1. The zero-order chi connectivity index (χ0) is 12.4. The van der Waals surface area contributed by atoms with E-state index < -0.39 is 12.0 Å². The smallest absolute Gasteiger partial charge is 0.407 e. The van der Waals surface area contributed by atoms with Gasteiger partial charge in [0.1, 0.15) is 0 Å². The summed E-state index contributed by atoms with van der Waals surface area (Å²) in [5.74, 6) is -0.619. The summed E-state index contributed by atoms with van der Waals surface area (Å²) in [5, 5.41) is 17.9. The Kier molecular flexibility index (Phi) is 2.83. The van der Waals surface area contributed by atoms with Gasteiger partial charge in [0.2, 0.25) is 5.56 Å². The molecule has 0 aliphatic carbocycles. The van der Waals surface area contributed by atoms with E-state index >= 15 is 0 Å². The number of aromatic amines is 1. The summed E-state index contributed by atoms with van der Waals surface area (Å²) in [4.78, 5) is 25.7. The molecule has 0 bridgehead atoms. The average molecular weight is 233 g/mol.